The number of rotatable bonds is 3. The number of hydrogen-bond acceptors (Lipinski definition) is 6. The molecule has 2 unspecified atom stereocenters. The van der Waals surface area contributed by atoms with E-state index < -0.39 is 0 Å². The minimum Gasteiger partial charge on any atom is -0.394 e. The average Bonchev–Trinajstić information content (AvgIpc) is 3.18. The Morgan fingerprint density at radius 2 is 2.43 bits per heavy atom. The Hall–Kier alpha value is -1.28. The van der Waals surface area contributed by atoms with Crippen molar-refractivity contribution in [3.8, 4) is 10.6 Å². The molecule has 1 N–H and O–H groups in total. The zero-order valence-electron chi connectivity index (χ0n) is 11.6. The zero-order valence-corrected chi connectivity index (χ0v) is 13.2. The monoisotopic (exact) mass is 324 g/mol. The highest BCUT2D eigenvalue weighted by Gasteiger charge is 2.31. The number of aliphatic hydroxyl groups is 1. The summed E-state index contributed by atoms with van der Waals surface area (Å²) in [6, 6.07) is 1.99. The van der Waals surface area contributed by atoms with Gasteiger partial charge < -0.3 is 14.7 Å². The summed E-state index contributed by atoms with van der Waals surface area (Å²) < 4.78 is 5.46. The van der Waals surface area contributed by atoms with E-state index in [1.807, 2.05) is 23.8 Å². The SMILES string of the molecule is CC1COC(CO)CN1C(=O)c1csc(-c2ccsc2)n1. The van der Waals surface area contributed by atoms with Crippen molar-refractivity contribution in [1.29, 1.82) is 0 Å². The third-order valence-electron chi connectivity index (χ3n) is 3.46. The zero-order chi connectivity index (χ0) is 14.8. The van der Waals surface area contributed by atoms with E-state index in [-0.39, 0.29) is 24.7 Å². The molecule has 0 radical (unpaired) electrons. The number of aromatic nitrogens is 1. The number of carbonyl (C=O) groups excluding carboxylic acids is 1. The standard InChI is InChI=1S/C14H16N2O3S2/c1-9-6-19-11(5-17)4-16(9)14(18)12-8-21-13(15-12)10-2-3-20-7-10/h2-3,7-9,11,17H,4-6H2,1H3. The van der Waals surface area contributed by atoms with Crippen molar-refractivity contribution in [2.45, 2.75) is 19.1 Å². The van der Waals surface area contributed by atoms with E-state index in [0.717, 1.165) is 10.6 Å². The summed E-state index contributed by atoms with van der Waals surface area (Å²) in [7, 11) is 0. The van der Waals surface area contributed by atoms with Crippen molar-refractivity contribution in [3.63, 3.8) is 0 Å². The van der Waals surface area contributed by atoms with Crippen LogP contribution in [0.3, 0.4) is 0 Å². The quantitative estimate of drug-likeness (QED) is 0.939. The molecule has 2 atom stereocenters. The summed E-state index contributed by atoms with van der Waals surface area (Å²) in [4.78, 5) is 18.8. The highest BCUT2D eigenvalue weighted by Crippen LogP contribution is 2.26. The fourth-order valence-corrected chi connectivity index (χ4v) is 3.75. The Labute approximate surface area is 130 Å². The minimum atomic E-state index is -0.305. The van der Waals surface area contributed by atoms with Gasteiger partial charge in [0.1, 0.15) is 10.7 Å². The Kier molecular flexibility index (Phi) is 4.34. The molecule has 0 bridgehead atoms. The Morgan fingerprint density at radius 1 is 1.57 bits per heavy atom. The van der Waals surface area contributed by atoms with Gasteiger partial charge in [-0.05, 0) is 18.4 Å². The molecule has 5 nitrogen and oxygen atoms in total. The van der Waals surface area contributed by atoms with Crippen LogP contribution >= 0.6 is 22.7 Å². The highest BCUT2D eigenvalue weighted by atomic mass is 32.1. The second kappa shape index (κ2) is 6.23. The molecule has 3 rings (SSSR count). The van der Waals surface area contributed by atoms with Crippen LogP contribution in [0.1, 0.15) is 17.4 Å². The largest absolute Gasteiger partial charge is 0.394 e. The maximum absolute atomic E-state index is 12.6. The average molecular weight is 324 g/mol. The second-order valence-electron chi connectivity index (χ2n) is 4.99. The van der Waals surface area contributed by atoms with Crippen LogP contribution in [0.15, 0.2) is 22.2 Å². The van der Waals surface area contributed by atoms with Gasteiger partial charge in [-0.1, -0.05) is 0 Å². The van der Waals surface area contributed by atoms with Crippen LogP contribution in [0.25, 0.3) is 10.6 Å². The Balaban J connectivity index is 1.78. The fraction of sp³-hybridized carbons (Fsp3) is 0.429. The van der Waals surface area contributed by atoms with E-state index >= 15 is 0 Å². The number of nitrogens with zero attached hydrogens (tertiary/aromatic N) is 2. The molecule has 1 saturated heterocycles. The molecule has 3 heterocycles. The van der Waals surface area contributed by atoms with Gasteiger partial charge in [-0.3, -0.25) is 4.79 Å². The summed E-state index contributed by atoms with van der Waals surface area (Å²) >= 11 is 3.09. The topological polar surface area (TPSA) is 62.7 Å². The number of thiophene rings is 1. The summed E-state index contributed by atoms with van der Waals surface area (Å²) in [5.41, 5.74) is 1.51. The molecule has 7 heteroatoms. The first-order valence-corrected chi connectivity index (χ1v) is 8.53. The van der Waals surface area contributed by atoms with Gasteiger partial charge >= 0.3 is 0 Å². The predicted octanol–water partition coefficient (Wildman–Crippen LogP) is 2.09. The first kappa shape index (κ1) is 14.6. The molecule has 2 aromatic rings. The number of aliphatic hydroxyl groups excluding tert-OH is 1. The normalized spacial score (nSPS) is 22.5. The molecule has 1 aliphatic rings. The van der Waals surface area contributed by atoms with Crippen LogP contribution in [0.4, 0.5) is 0 Å². The van der Waals surface area contributed by atoms with Crippen LogP contribution in [0.5, 0.6) is 0 Å². The molecule has 21 heavy (non-hydrogen) atoms. The first-order valence-electron chi connectivity index (χ1n) is 6.70. The molecular weight excluding hydrogens is 308 g/mol. The van der Waals surface area contributed by atoms with Gasteiger partial charge in [-0.15, -0.1) is 11.3 Å². The Bertz CT molecular complexity index is 612. The van der Waals surface area contributed by atoms with Gasteiger partial charge in [0.25, 0.3) is 5.91 Å². The maximum Gasteiger partial charge on any atom is 0.273 e. The lowest BCUT2D eigenvalue weighted by atomic mass is 10.2. The predicted molar refractivity (Wildman–Crippen MR) is 82.8 cm³/mol. The minimum absolute atomic E-state index is 0.00778. The van der Waals surface area contributed by atoms with Crippen molar-refractivity contribution >= 4 is 28.6 Å². The molecule has 0 spiro atoms. The van der Waals surface area contributed by atoms with E-state index in [4.69, 9.17) is 4.74 Å². The number of hydrogen-bond donors (Lipinski definition) is 1. The number of carbonyl (C=O) groups is 1. The fourth-order valence-electron chi connectivity index (χ4n) is 2.25. The van der Waals surface area contributed by atoms with Crippen molar-refractivity contribution in [2.24, 2.45) is 0 Å². The highest BCUT2D eigenvalue weighted by molar-refractivity contribution is 7.14. The van der Waals surface area contributed by atoms with Gasteiger partial charge in [0.05, 0.1) is 25.4 Å². The molecule has 1 amide bonds. The van der Waals surface area contributed by atoms with Crippen LogP contribution in [0.2, 0.25) is 0 Å². The van der Waals surface area contributed by atoms with Crippen molar-refractivity contribution in [1.82, 2.24) is 9.88 Å². The summed E-state index contributed by atoms with van der Waals surface area (Å²) in [5.74, 6) is -0.0954. The van der Waals surface area contributed by atoms with E-state index in [1.165, 1.54) is 11.3 Å². The molecule has 0 saturated carbocycles. The molecule has 1 fully saturated rings. The van der Waals surface area contributed by atoms with Gasteiger partial charge in [0, 0.05) is 22.9 Å². The van der Waals surface area contributed by atoms with E-state index in [1.54, 1.807) is 21.6 Å². The van der Waals surface area contributed by atoms with Gasteiger partial charge in [-0.25, -0.2) is 4.98 Å². The lowest BCUT2D eigenvalue weighted by molar-refractivity contribution is -0.0668. The van der Waals surface area contributed by atoms with E-state index in [9.17, 15) is 9.90 Å². The molecule has 0 aliphatic carbocycles. The molecule has 112 valence electrons. The van der Waals surface area contributed by atoms with Crippen LogP contribution in [-0.2, 0) is 4.74 Å². The van der Waals surface area contributed by atoms with E-state index in [2.05, 4.69) is 4.98 Å². The van der Waals surface area contributed by atoms with Crippen molar-refractivity contribution in [2.75, 3.05) is 19.8 Å². The smallest absolute Gasteiger partial charge is 0.273 e. The lowest BCUT2D eigenvalue weighted by Gasteiger charge is -2.37. The molecule has 0 aromatic carbocycles. The van der Waals surface area contributed by atoms with E-state index in [0.29, 0.717) is 18.8 Å². The number of morpholine rings is 1. The van der Waals surface area contributed by atoms with Crippen molar-refractivity contribution < 1.29 is 14.6 Å². The molecular formula is C14H16N2O3S2. The van der Waals surface area contributed by atoms with Crippen LogP contribution < -0.4 is 0 Å². The van der Waals surface area contributed by atoms with Gasteiger partial charge in [0.2, 0.25) is 0 Å². The lowest BCUT2D eigenvalue weighted by Crippen LogP contribution is -2.52. The Morgan fingerprint density at radius 3 is 3.14 bits per heavy atom. The molecule has 1 aliphatic heterocycles. The third-order valence-corrected chi connectivity index (χ3v) is 5.04. The number of amides is 1. The van der Waals surface area contributed by atoms with Crippen LogP contribution in [0, 0.1) is 0 Å². The first-order chi connectivity index (χ1) is 10.2. The van der Waals surface area contributed by atoms with Crippen LogP contribution in [-0.4, -0.2) is 52.8 Å². The second-order valence-corrected chi connectivity index (χ2v) is 6.63. The van der Waals surface area contributed by atoms with Gasteiger partial charge in [-0.2, -0.15) is 11.3 Å². The maximum atomic E-state index is 12.6. The summed E-state index contributed by atoms with van der Waals surface area (Å²) in [5, 5.41) is 15.9. The number of thiazole rings is 1. The summed E-state index contributed by atoms with van der Waals surface area (Å²) in [6.45, 7) is 2.71. The third kappa shape index (κ3) is 3.01. The number of ether oxygens (including phenoxy) is 1. The molecule has 2 aromatic heterocycles. The van der Waals surface area contributed by atoms with Crippen molar-refractivity contribution in [3.05, 3.63) is 27.9 Å². The van der Waals surface area contributed by atoms with Gasteiger partial charge in [0.15, 0.2) is 0 Å². The summed E-state index contributed by atoms with van der Waals surface area (Å²) in [6.07, 6.45) is -0.305.